The summed E-state index contributed by atoms with van der Waals surface area (Å²) in [5.41, 5.74) is 1.36. The molecule has 3 nitrogen and oxygen atoms in total. The molecule has 0 atom stereocenters. The Morgan fingerprint density at radius 1 is 1.41 bits per heavy atom. The minimum absolute atomic E-state index is 0.160. The summed E-state index contributed by atoms with van der Waals surface area (Å²) in [7, 11) is 0. The van der Waals surface area contributed by atoms with Gasteiger partial charge in [-0.25, -0.2) is 4.98 Å². The Kier molecular flexibility index (Phi) is 4.17. The zero-order valence-corrected chi connectivity index (χ0v) is 11.8. The van der Waals surface area contributed by atoms with Gasteiger partial charge in [0.1, 0.15) is 5.01 Å². The lowest BCUT2D eigenvalue weighted by Crippen LogP contribution is -2.34. The van der Waals surface area contributed by atoms with E-state index < -0.39 is 0 Å². The molecule has 0 aromatic carbocycles. The summed E-state index contributed by atoms with van der Waals surface area (Å²) < 4.78 is 5.35. The monoisotopic (exact) mass is 254 g/mol. The zero-order valence-electron chi connectivity index (χ0n) is 11.0. The Morgan fingerprint density at radius 2 is 2.12 bits per heavy atom. The lowest BCUT2D eigenvalue weighted by molar-refractivity contribution is 0.0776. The molecule has 0 amide bonds. The van der Waals surface area contributed by atoms with E-state index in [9.17, 15) is 0 Å². The minimum Gasteiger partial charge on any atom is -0.381 e. The SMILES string of the molecule is CC(C)(C)c1csc(CNC2CCOCC2)n1. The van der Waals surface area contributed by atoms with Crippen molar-refractivity contribution in [3.63, 3.8) is 0 Å². The molecule has 0 radical (unpaired) electrons. The van der Waals surface area contributed by atoms with Crippen LogP contribution in [0.1, 0.15) is 44.3 Å². The Bertz CT molecular complexity index is 351. The largest absolute Gasteiger partial charge is 0.381 e. The molecule has 2 rings (SSSR count). The molecule has 1 aliphatic rings. The van der Waals surface area contributed by atoms with Gasteiger partial charge in [-0.15, -0.1) is 11.3 Å². The van der Waals surface area contributed by atoms with E-state index in [0.717, 1.165) is 32.6 Å². The fraction of sp³-hybridized carbons (Fsp3) is 0.769. The van der Waals surface area contributed by atoms with E-state index in [4.69, 9.17) is 9.72 Å². The molecule has 0 saturated carbocycles. The number of thiazole rings is 1. The van der Waals surface area contributed by atoms with Crippen molar-refractivity contribution in [3.8, 4) is 0 Å². The average Bonchev–Trinajstić information content (AvgIpc) is 2.76. The van der Waals surface area contributed by atoms with Crippen LogP contribution in [0, 0.1) is 0 Å². The summed E-state index contributed by atoms with van der Waals surface area (Å²) in [6, 6.07) is 0.603. The molecule has 0 unspecified atom stereocenters. The van der Waals surface area contributed by atoms with Crippen molar-refractivity contribution in [2.75, 3.05) is 13.2 Å². The van der Waals surface area contributed by atoms with Gasteiger partial charge in [0.2, 0.25) is 0 Å². The number of nitrogens with zero attached hydrogens (tertiary/aromatic N) is 1. The second-order valence-electron chi connectivity index (χ2n) is 5.64. The highest BCUT2D eigenvalue weighted by Crippen LogP contribution is 2.23. The van der Waals surface area contributed by atoms with Gasteiger partial charge in [-0.2, -0.15) is 0 Å². The van der Waals surface area contributed by atoms with E-state index in [1.807, 2.05) is 0 Å². The molecule has 0 aliphatic carbocycles. The molecule has 1 aromatic heterocycles. The molecule has 1 N–H and O–H groups in total. The number of ether oxygens (including phenoxy) is 1. The molecule has 1 saturated heterocycles. The third-order valence-corrected chi connectivity index (χ3v) is 3.93. The number of aromatic nitrogens is 1. The van der Waals surface area contributed by atoms with Crippen LogP contribution in [0.4, 0.5) is 0 Å². The van der Waals surface area contributed by atoms with Crippen LogP contribution in [0.15, 0.2) is 5.38 Å². The summed E-state index contributed by atoms with van der Waals surface area (Å²) in [6.45, 7) is 9.30. The number of nitrogens with one attached hydrogen (secondary N) is 1. The lowest BCUT2D eigenvalue weighted by atomic mass is 9.93. The predicted molar refractivity (Wildman–Crippen MR) is 71.5 cm³/mol. The first-order valence-corrected chi connectivity index (χ1v) is 7.19. The van der Waals surface area contributed by atoms with Gasteiger partial charge in [0.25, 0.3) is 0 Å². The third-order valence-electron chi connectivity index (χ3n) is 3.08. The van der Waals surface area contributed by atoms with Crippen molar-refractivity contribution >= 4 is 11.3 Å². The van der Waals surface area contributed by atoms with E-state index in [-0.39, 0.29) is 5.41 Å². The highest BCUT2D eigenvalue weighted by atomic mass is 32.1. The van der Waals surface area contributed by atoms with Crippen molar-refractivity contribution < 1.29 is 4.74 Å². The first kappa shape index (κ1) is 13.0. The van der Waals surface area contributed by atoms with Crippen molar-refractivity contribution in [2.24, 2.45) is 0 Å². The van der Waals surface area contributed by atoms with Crippen LogP contribution in [0.2, 0.25) is 0 Å². The van der Waals surface area contributed by atoms with E-state index >= 15 is 0 Å². The molecule has 2 heterocycles. The molecule has 1 fully saturated rings. The predicted octanol–water partition coefficient (Wildman–Crippen LogP) is 2.71. The Morgan fingerprint density at radius 3 is 2.71 bits per heavy atom. The highest BCUT2D eigenvalue weighted by Gasteiger charge is 2.18. The van der Waals surface area contributed by atoms with Crippen LogP contribution in [-0.2, 0) is 16.7 Å². The van der Waals surface area contributed by atoms with E-state index in [2.05, 4.69) is 31.5 Å². The summed E-state index contributed by atoms with van der Waals surface area (Å²) >= 11 is 1.76. The topological polar surface area (TPSA) is 34.1 Å². The Balaban J connectivity index is 1.84. The van der Waals surface area contributed by atoms with Crippen LogP contribution >= 0.6 is 11.3 Å². The van der Waals surface area contributed by atoms with Gasteiger partial charge >= 0.3 is 0 Å². The van der Waals surface area contributed by atoms with Crippen LogP contribution in [0.25, 0.3) is 0 Å². The lowest BCUT2D eigenvalue weighted by Gasteiger charge is -2.22. The van der Waals surface area contributed by atoms with Crippen LogP contribution < -0.4 is 5.32 Å². The Labute approximate surface area is 108 Å². The van der Waals surface area contributed by atoms with Crippen molar-refractivity contribution in [2.45, 2.75) is 51.6 Å². The van der Waals surface area contributed by atoms with E-state index in [1.54, 1.807) is 11.3 Å². The molecule has 4 heteroatoms. The minimum atomic E-state index is 0.160. The quantitative estimate of drug-likeness (QED) is 0.900. The van der Waals surface area contributed by atoms with Crippen molar-refractivity contribution in [1.82, 2.24) is 10.3 Å². The molecule has 17 heavy (non-hydrogen) atoms. The molecular weight excluding hydrogens is 232 g/mol. The van der Waals surface area contributed by atoms with Crippen LogP contribution in [0.3, 0.4) is 0 Å². The molecule has 96 valence electrons. The smallest absolute Gasteiger partial charge is 0.107 e. The third kappa shape index (κ3) is 3.76. The normalized spacial score (nSPS) is 18.5. The van der Waals surface area contributed by atoms with Gasteiger partial charge in [-0.3, -0.25) is 0 Å². The van der Waals surface area contributed by atoms with Gasteiger partial charge in [0.15, 0.2) is 0 Å². The highest BCUT2D eigenvalue weighted by molar-refractivity contribution is 7.09. The summed E-state index contributed by atoms with van der Waals surface area (Å²) in [5, 5.41) is 6.95. The summed E-state index contributed by atoms with van der Waals surface area (Å²) in [4.78, 5) is 4.69. The average molecular weight is 254 g/mol. The van der Waals surface area contributed by atoms with Crippen molar-refractivity contribution in [3.05, 3.63) is 16.1 Å². The number of hydrogen-bond donors (Lipinski definition) is 1. The van der Waals surface area contributed by atoms with Crippen LogP contribution in [0.5, 0.6) is 0 Å². The maximum Gasteiger partial charge on any atom is 0.107 e. The maximum atomic E-state index is 5.35. The number of rotatable bonds is 3. The van der Waals surface area contributed by atoms with Gasteiger partial charge in [0, 0.05) is 36.6 Å². The van der Waals surface area contributed by atoms with E-state index in [0.29, 0.717) is 6.04 Å². The molecule has 1 aromatic rings. The second kappa shape index (κ2) is 5.46. The standard InChI is InChI=1S/C13H22N2OS/c1-13(2,3)11-9-17-12(15-11)8-14-10-4-6-16-7-5-10/h9-10,14H,4-8H2,1-3H3. The zero-order chi connectivity index (χ0) is 12.3. The molecule has 0 spiro atoms. The maximum absolute atomic E-state index is 5.35. The first-order chi connectivity index (χ1) is 8.05. The summed E-state index contributed by atoms with van der Waals surface area (Å²) in [6.07, 6.45) is 2.25. The molecular formula is C13H22N2OS. The van der Waals surface area contributed by atoms with Gasteiger partial charge in [-0.1, -0.05) is 20.8 Å². The van der Waals surface area contributed by atoms with Gasteiger partial charge < -0.3 is 10.1 Å². The fourth-order valence-electron chi connectivity index (χ4n) is 1.87. The Hall–Kier alpha value is -0.450. The van der Waals surface area contributed by atoms with Crippen molar-refractivity contribution in [1.29, 1.82) is 0 Å². The molecule has 0 bridgehead atoms. The first-order valence-electron chi connectivity index (χ1n) is 6.32. The van der Waals surface area contributed by atoms with E-state index in [1.165, 1.54) is 10.7 Å². The van der Waals surface area contributed by atoms with Crippen LogP contribution in [-0.4, -0.2) is 24.2 Å². The molecule has 1 aliphatic heterocycles. The fourth-order valence-corrected chi connectivity index (χ4v) is 2.84. The summed E-state index contributed by atoms with van der Waals surface area (Å²) in [5.74, 6) is 0. The second-order valence-corrected chi connectivity index (χ2v) is 6.59. The number of hydrogen-bond acceptors (Lipinski definition) is 4. The van der Waals surface area contributed by atoms with Gasteiger partial charge in [-0.05, 0) is 12.8 Å². The van der Waals surface area contributed by atoms with Gasteiger partial charge in [0.05, 0.1) is 5.69 Å².